The van der Waals surface area contributed by atoms with Crippen LogP contribution in [0.4, 0.5) is 0 Å². The van der Waals surface area contributed by atoms with E-state index in [2.05, 4.69) is 40.2 Å². The number of imidazole rings is 1. The van der Waals surface area contributed by atoms with E-state index in [0.717, 1.165) is 53.8 Å². The van der Waals surface area contributed by atoms with Crippen LogP contribution in [-0.4, -0.2) is 28.6 Å². The van der Waals surface area contributed by atoms with Crippen molar-refractivity contribution in [3.05, 3.63) is 84.7 Å². The molecule has 5 heteroatoms. The van der Waals surface area contributed by atoms with E-state index < -0.39 is 0 Å². The van der Waals surface area contributed by atoms with Crippen LogP contribution in [0, 0.1) is 0 Å². The van der Waals surface area contributed by atoms with Gasteiger partial charge >= 0.3 is 0 Å². The number of amides is 1. The number of carbonyl (C=O) groups excluding carboxylic acids is 1. The lowest BCUT2D eigenvalue weighted by molar-refractivity contribution is -0.116. The van der Waals surface area contributed by atoms with Crippen LogP contribution < -0.4 is 10.1 Å². The second kappa shape index (κ2) is 10.6. The van der Waals surface area contributed by atoms with Gasteiger partial charge in [0.2, 0.25) is 5.91 Å². The number of rotatable bonds is 10. The molecule has 0 bridgehead atoms. The highest BCUT2D eigenvalue weighted by atomic mass is 16.5. The summed E-state index contributed by atoms with van der Waals surface area (Å²) in [4.78, 5) is 16.4. The number of hydrogen-bond donors (Lipinski definition) is 1. The van der Waals surface area contributed by atoms with E-state index in [1.165, 1.54) is 5.39 Å². The standard InChI is InChI=1S/C27H29N3O2/c1-2-10-27(31)28-18-8-17-26-29-23-14-5-6-15-24(23)30(26)19-9-20-32-25-16-7-12-21-11-3-4-13-22(21)25/h2-7,10-16H,8-9,17-20H2,1H3,(H,28,31)/b10-2-. The van der Waals surface area contributed by atoms with Crippen molar-refractivity contribution in [2.24, 2.45) is 0 Å². The van der Waals surface area contributed by atoms with Gasteiger partial charge < -0.3 is 14.6 Å². The quantitative estimate of drug-likeness (QED) is 0.277. The van der Waals surface area contributed by atoms with E-state index >= 15 is 0 Å². The van der Waals surface area contributed by atoms with Gasteiger partial charge in [0.1, 0.15) is 11.6 Å². The Labute approximate surface area is 188 Å². The minimum Gasteiger partial charge on any atom is -0.493 e. The summed E-state index contributed by atoms with van der Waals surface area (Å²) in [6.07, 6.45) is 5.84. The van der Waals surface area contributed by atoms with Gasteiger partial charge in [-0.3, -0.25) is 4.79 Å². The van der Waals surface area contributed by atoms with Crippen LogP contribution in [0.3, 0.4) is 0 Å². The number of nitrogens with one attached hydrogen (secondary N) is 1. The number of allylic oxidation sites excluding steroid dienone is 1. The van der Waals surface area contributed by atoms with Crippen molar-refractivity contribution in [2.75, 3.05) is 13.2 Å². The molecule has 1 N–H and O–H groups in total. The minimum atomic E-state index is -0.0495. The van der Waals surface area contributed by atoms with Crippen molar-refractivity contribution in [2.45, 2.75) is 32.7 Å². The zero-order valence-corrected chi connectivity index (χ0v) is 18.5. The predicted octanol–water partition coefficient (Wildman–Crippen LogP) is 5.28. The summed E-state index contributed by atoms with van der Waals surface area (Å²) in [6.45, 7) is 3.95. The Balaban J connectivity index is 1.38. The Kier molecular flexibility index (Phi) is 7.18. The van der Waals surface area contributed by atoms with Crippen molar-refractivity contribution in [3.63, 3.8) is 0 Å². The largest absolute Gasteiger partial charge is 0.493 e. The summed E-state index contributed by atoms with van der Waals surface area (Å²) in [6, 6.07) is 22.7. The molecular weight excluding hydrogens is 398 g/mol. The fourth-order valence-electron chi connectivity index (χ4n) is 3.96. The van der Waals surface area contributed by atoms with Crippen molar-refractivity contribution in [1.82, 2.24) is 14.9 Å². The highest BCUT2D eigenvalue weighted by Crippen LogP contribution is 2.25. The number of hydrogen-bond acceptors (Lipinski definition) is 3. The molecule has 0 aliphatic heterocycles. The first-order chi connectivity index (χ1) is 15.8. The molecule has 0 aliphatic rings. The van der Waals surface area contributed by atoms with Crippen LogP contribution in [-0.2, 0) is 17.8 Å². The lowest BCUT2D eigenvalue weighted by Gasteiger charge is -2.12. The van der Waals surface area contributed by atoms with Crippen molar-refractivity contribution in [1.29, 1.82) is 0 Å². The number of fused-ring (bicyclic) bond motifs is 2. The zero-order chi connectivity index (χ0) is 22.2. The van der Waals surface area contributed by atoms with Crippen LogP contribution in [0.25, 0.3) is 21.8 Å². The number of carbonyl (C=O) groups is 1. The lowest BCUT2D eigenvalue weighted by Crippen LogP contribution is -2.22. The predicted molar refractivity (Wildman–Crippen MR) is 130 cm³/mol. The van der Waals surface area contributed by atoms with Gasteiger partial charge in [0.05, 0.1) is 17.6 Å². The first kappa shape index (κ1) is 21.6. The fraction of sp³-hybridized carbons (Fsp3) is 0.259. The average Bonchev–Trinajstić information content (AvgIpc) is 3.17. The number of aryl methyl sites for hydroxylation is 2. The molecule has 0 atom stereocenters. The Morgan fingerprint density at radius 3 is 2.75 bits per heavy atom. The Bertz CT molecular complexity index is 1220. The molecular formula is C27H29N3O2. The molecule has 0 aliphatic carbocycles. The molecule has 0 saturated carbocycles. The second-order valence-electron chi connectivity index (χ2n) is 7.74. The van der Waals surface area contributed by atoms with Crippen LogP contribution in [0.5, 0.6) is 5.75 Å². The van der Waals surface area contributed by atoms with Crippen LogP contribution in [0.2, 0.25) is 0 Å². The van der Waals surface area contributed by atoms with Crippen molar-refractivity contribution < 1.29 is 9.53 Å². The highest BCUT2D eigenvalue weighted by Gasteiger charge is 2.10. The molecule has 5 nitrogen and oxygen atoms in total. The first-order valence-electron chi connectivity index (χ1n) is 11.2. The third-order valence-corrected chi connectivity index (χ3v) is 5.46. The molecule has 4 rings (SSSR count). The molecule has 1 amide bonds. The van der Waals surface area contributed by atoms with Gasteiger partial charge in [-0.1, -0.05) is 54.6 Å². The van der Waals surface area contributed by atoms with E-state index in [0.29, 0.717) is 13.2 Å². The molecule has 1 heterocycles. The number of benzene rings is 3. The van der Waals surface area contributed by atoms with Gasteiger partial charge in [-0.15, -0.1) is 0 Å². The topological polar surface area (TPSA) is 56.2 Å². The number of ether oxygens (including phenoxy) is 1. The van der Waals surface area contributed by atoms with E-state index in [1.54, 1.807) is 12.2 Å². The molecule has 32 heavy (non-hydrogen) atoms. The van der Waals surface area contributed by atoms with Crippen LogP contribution in [0.1, 0.15) is 25.6 Å². The van der Waals surface area contributed by atoms with E-state index in [9.17, 15) is 4.79 Å². The molecule has 0 unspecified atom stereocenters. The van der Waals surface area contributed by atoms with Crippen molar-refractivity contribution in [3.8, 4) is 5.75 Å². The normalized spacial score (nSPS) is 11.4. The smallest absolute Gasteiger partial charge is 0.243 e. The molecule has 1 aromatic heterocycles. The van der Waals surface area contributed by atoms with Crippen LogP contribution >= 0.6 is 0 Å². The molecule has 0 fully saturated rings. The summed E-state index contributed by atoms with van der Waals surface area (Å²) in [5, 5.41) is 5.24. The fourth-order valence-corrected chi connectivity index (χ4v) is 3.96. The second-order valence-corrected chi connectivity index (χ2v) is 7.74. The zero-order valence-electron chi connectivity index (χ0n) is 18.5. The highest BCUT2D eigenvalue weighted by molar-refractivity contribution is 5.88. The molecule has 0 spiro atoms. The summed E-state index contributed by atoms with van der Waals surface area (Å²) < 4.78 is 8.42. The molecule has 0 radical (unpaired) electrons. The molecule has 3 aromatic carbocycles. The van der Waals surface area contributed by atoms with Gasteiger partial charge in [-0.05, 0) is 49.4 Å². The summed E-state index contributed by atoms with van der Waals surface area (Å²) in [7, 11) is 0. The van der Waals surface area contributed by atoms with Gasteiger partial charge in [-0.25, -0.2) is 4.98 Å². The maximum Gasteiger partial charge on any atom is 0.243 e. The maximum atomic E-state index is 11.6. The average molecular weight is 428 g/mol. The summed E-state index contributed by atoms with van der Waals surface area (Å²) in [5.41, 5.74) is 2.15. The van der Waals surface area contributed by atoms with Crippen LogP contribution in [0.15, 0.2) is 78.9 Å². The Morgan fingerprint density at radius 2 is 1.84 bits per heavy atom. The van der Waals surface area contributed by atoms with Gasteiger partial charge in [0, 0.05) is 24.9 Å². The molecule has 4 aromatic rings. The maximum absolute atomic E-state index is 11.6. The van der Waals surface area contributed by atoms with E-state index in [-0.39, 0.29) is 5.91 Å². The van der Waals surface area contributed by atoms with E-state index in [1.807, 2.05) is 43.3 Å². The van der Waals surface area contributed by atoms with Gasteiger partial charge in [-0.2, -0.15) is 0 Å². The summed E-state index contributed by atoms with van der Waals surface area (Å²) in [5.74, 6) is 1.93. The minimum absolute atomic E-state index is 0.0495. The summed E-state index contributed by atoms with van der Waals surface area (Å²) >= 11 is 0. The third-order valence-electron chi connectivity index (χ3n) is 5.46. The first-order valence-corrected chi connectivity index (χ1v) is 11.2. The lowest BCUT2D eigenvalue weighted by atomic mass is 10.1. The number of aromatic nitrogens is 2. The van der Waals surface area contributed by atoms with Gasteiger partial charge in [0.15, 0.2) is 0 Å². The number of nitrogens with zero attached hydrogens (tertiary/aromatic N) is 2. The SMILES string of the molecule is C/C=C\C(=O)NCCCc1nc2ccccc2n1CCCOc1cccc2ccccc12. The van der Waals surface area contributed by atoms with Crippen molar-refractivity contribution >= 4 is 27.7 Å². The Morgan fingerprint density at radius 1 is 1.03 bits per heavy atom. The number of para-hydroxylation sites is 2. The van der Waals surface area contributed by atoms with E-state index in [4.69, 9.17) is 9.72 Å². The van der Waals surface area contributed by atoms with Gasteiger partial charge in [0.25, 0.3) is 0 Å². The molecule has 0 saturated heterocycles. The third kappa shape index (κ3) is 5.17. The Hall–Kier alpha value is -3.60. The molecule has 164 valence electrons. The monoisotopic (exact) mass is 427 g/mol.